The van der Waals surface area contributed by atoms with Gasteiger partial charge >= 0.3 is 17.9 Å². The van der Waals surface area contributed by atoms with Crippen LogP contribution in [0.5, 0.6) is 0 Å². The van der Waals surface area contributed by atoms with Crippen molar-refractivity contribution in [2.24, 2.45) is 0 Å². The third-order valence-corrected chi connectivity index (χ3v) is 10.7. The van der Waals surface area contributed by atoms with Crippen molar-refractivity contribution in [1.29, 1.82) is 0 Å². The Hall–Kier alpha value is -2.11. The molecule has 0 saturated carbocycles. The highest BCUT2D eigenvalue weighted by atomic mass is 16.6. The molecule has 6 heteroatoms. The zero-order valence-corrected chi connectivity index (χ0v) is 37.4. The van der Waals surface area contributed by atoms with Gasteiger partial charge in [0.15, 0.2) is 6.10 Å². The molecule has 0 aromatic rings. The zero-order valence-electron chi connectivity index (χ0n) is 37.4. The van der Waals surface area contributed by atoms with Crippen LogP contribution in [0.3, 0.4) is 0 Å². The van der Waals surface area contributed by atoms with E-state index in [1.807, 2.05) is 0 Å². The molecule has 0 spiro atoms. The molecule has 0 heterocycles. The summed E-state index contributed by atoms with van der Waals surface area (Å²) < 4.78 is 16.6. The van der Waals surface area contributed by atoms with Gasteiger partial charge in [-0.3, -0.25) is 14.4 Å². The van der Waals surface area contributed by atoms with Gasteiger partial charge < -0.3 is 14.2 Å². The van der Waals surface area contributed by atoms with Crippen LogP contribution >= 0.6 is 0 Å². The average Bonchev–Trinajstić information content (AvgIpc) is 3.19. The maximum absolute atomic E-state index is 12.7. The third-order valence-electron chi connectivity index (χ3n) is 10.7. The van der Waals surface area contributed by atoms with Crippen molar-refractivity contribution in [3.8, 4) is 0 Å². The number of carbonyl (C=O) groups is 3. The predicted octanol–water partition coefficient (Wildman–Crippen LogP) is 15.6. The Bertz CT molecular complexity index is 911. The van der Waals surface area contributed by atoms with Crippen LogP contribution in [0.1, 0.15) is 258 Å². The monoisotopic (exact) mass is 789 g/mol. The first-order chi connectivity index (χ1) is 27.5. The van der Waals surface area contributed by atoms with Gasteiger partial charge in [-0.2, -0.15) is 0 Å². The standard InChI is InChI=1S/C50H92O6/c1-4-7-10-13-15-17-19-21-23-24-25-27-28-30-32-34-37-40-43-49(52)55-46-47(45-54-48(51)42-39-36-12-9-6-3)56-50(53)44-41-38-35-33-31-29-26-22-20-18-16-14-11-8-5-2/h22-24,26,47H,4-21,25,27-46H2,1-3H3/b24-23-,26-22-. The van der Waals surface area contributed by atoms with Crippen LogP contribution in [0.25, 0.3) is 0 Å². The summed E-state index contributed by atoms with van der Waals surface area (Å²) in [4.78, 5) is 37.6. The fourth-order valence-corrected chi connectivity index (χ4v) is 6.96. The molecule has 0 aromatic carbocycles. The molecular formula is C50H92O6. The van der Waals surface area contributed by atoms with Crippen molar-refractivity contribution < 1.29 is 28.6 Å². The highest BCUT2D eigenvalue weighted by Crippen LogP contribution is 2.14. The molecule has 0 rings (SSSR count). The molecule has 0 amide bonds. The summed E-state index contributed by atoms with van der Waals surface area (Å²) >= 11 is 0. The molecule has 0 bridgehead atoms. The Labute approximate surface area is 347 Å². The van der Waals surface area contributed by atoms with Crippen molar-refractivity contribution in [2.75, 3.05) is 13.2 Å². The molecule has 0 aliphatic rings. The average molecular weight is 789 g/mol. The van der Waals surface area contributed by atoms with Gasteiger partial charge in [-0.15, -0.1) is 0 Å². The van der Waals surface area contributed by atoms with E-state index >= 15 is 0 Å². The summed E-state index contributed by atoms with van der Waals surface area (Å²) in [5.41, 5.74) is 0. The van der Waals surface area contributed by atoms with Crippen LogP contribution in [-0.4, -0.2) is 37.2 Å². The molecule has 0 aliphatic heterocycles. The van der Waals surface area contributed by atoms with E-state index in [2.05, 4.69) is 45.1 Å². The van der Waals surface area contributed by atoms with Crippen LogP contribution in [0.4, 0.5) is 0 Å². The van der Waals surface area contributed by atoms with Gasteiger partial charge in [-0.1, -0.05) is 193 Å². The number of rotatable bonds is 44. The van der Waals surface area contributed by atoms with E-state index in [-0.39, 0.29) is 31.1 Å². The van der Waals surface area contributed by atoms with E-state index in [0.29, 0.717) is 19.3 Å². The van der Waals surface area contributed by atoms with E-state index in [1.165, 1.54) is 148 Å². The number of unbranched alkanes of at least 4 members (excludes halogenated alkanes) is 29. The minimum Gasteiger partial charge on any atom is -0.462 e. The lowest BCUT2D eigenvalue weighted by Gasteiger charge is -2.18. The normalized spacial score (nSPS) is 12.1. The van der Waals surface area contributed by atoms with Crippen LogP contribution in [0, 0.1) is 0 Å². The second-order valence-electron chi connectivity index (χ2n) is 16.4. The first kappa shape index (κ1) is 53.9. The smallest absolute Gasteiger partial charge is 0.306 e. The van der Waals surface area contributed by atoms with E-state index in [1.54, 1.807) is 0 Å². The Morgan fingerprint density at radius 2 is 0.589 bits per heavy atom. The second-order valence-corrected chi connectivity index (χ2v) is 16.4. The number of carbonyl (C=O) groups excluding carboxylic acids is 3. The molecule has 6 nitrogen and oxygen atoms in total. The molecule has 56 heavy (non-hydrogen) atoms. The van der Waals surface area contributed by atoms with E-state index in [4.69, 9.17) is 14.2 Å². The van der Waals surface area contributed by atoms with E-state index in [0.717, 1.165) is 70.6 Å². The maximum Gasteiger partial charge on any atom is 0.306 e. The van der Waals surface area contributed by atoms with E-state index in [9.17, 15) is 14.4 Å². The summed E-state index contributed by atoms with van der Waals surface area (Å²) in [7, 11) is 0. The molecule has 0 aliphatic carbocycles. The lowest BCUT2D eigenvalue weighted by molar-refractivity contribution is -0.167. The van der Waals surface area contributed by atoms with Crippen molar-refractivity contribution in [3.05, 3.63) is 24.3 Å². The Morgan fingerprint density at radius 3 is 0.893 bits per heavy atom. The van der Waals surface area contributed by atoms with Crippen LogP contribution < -0.4 is 0 Å². The molecule has 1 atom stereocenters. The number of allylic oxidation sites excluding steroid dienone is 4. The summed E-state index contributed by atoms with van der Waals surface area (Å²) in [5, 5.41) is 0. The third kappa shape index (κ3) is 43.0. The number of hydrogen-bond acceptors (Lipinski definition) is 6. The quantitative estimate of drug-likeness (QED) is 0.0265. The van der Waals surface area contributed by atoms with Gasteiger partial charge in [0.05, 0.1) is 0 Å². The predicted molar refractivity (Wildman–Crippen MR) is 238 cm³/mol. The maximum atomic E-state index is 12.7. The van der Waals surface area contributed by atoms with E-state index < -0.39 is 6.10 Å². The zero-order chi connectivity index (χ0) is 40.8. The summed E-state index contributed by atoms with van der Waals surface area (Å²) in [6.07, 6.45) is 50.5. The molecular weight excluding hydrogens is 697 g/mol. The molecule has 0 radical (unpaired) electrons. The summed E-state index contributed by atoms with van der Waals surface area (Å²) in [6, 6.07) is 0. The highest BCUT2D eigenvalue weighted by Gasteiger charge is 2.19. The SMILES string of the molecule is CCCCCCCC/C=C\CCCCCCCC(=O)OC(COC(=O)CCCCCCC)COC(=O)CCCCCCCCC/C=C\CCCCCCCCC. The minimum absolute atomic E-state index is 0.0752. The van der Waals surface area contributed by atoms with Gasteiger partial charge in [-0.05, 0) is 70.6 Å². The summed E-state index contributed by atoms with van der Waals surface area (Å²) in [6.45, 7) is 6.55. The fraction of sp³-hybridized carbons (Fsp3) is 0.860. The molecule has 0 N–H and O–H groups in total. The van der Waals surface area contributed by atoms with Gasteiger partial charge in [0.2, 0.25) is 0 Å². The number of hydrogen-bond donors (Lipinski definition) is 0. The second kappa shape index (κ2) is 45.6. The topological polar surface area (TPSA) is 78.9 Å². The van der Waals surface area contributed by atoms with Gasteiger partial charge in [-0.25, -0.2) is 0 Å². The van der Waals surface area contributed by atoms with Crippen molar-refractivity contribution in [2.45, 2.75) is 264 Å². The van der Waals surface area contributed by atoms with Crippen LogP contribution in [-0.2, 0) is 28.6 Å². The Morgan fingerprint density at radius 1 is 0.339 bits per heavy atom. The van der Waals surface area contributed by atoms with Crippen LogP contribution in [0.15, 0.2) is 24.3 Å². The Kier molecular flexibility index (Phi) is 43.9. The lowest BCUT2D eigenvalue weighted by Crippen LogP contribution is -2.30. The first-order valence-electron chi connectivity index (χ1n) is 24.3. The highest BCUT2D eigenvalue weighted by molar-refractivity contribution is 5.71. The first-order valence-corrected chi connectivity index (χ1v) is 24.3. The molecule has 0 aromatic heterocycles. The van der Waals surface area contributed by atoms with Gasteiger partial charge in [0, 0.05) is 19.3 Å². The number of ether oxygens (including phenoxy) is 3. The number of esters is 3. The van der Waals surface area contributed by atoms with Crippen molar-refractivity contribution in [1.82, 2.24) is 0 Å². The lowest BCUT2D eigenvalue weighted by atomic mass is 10.1. The Balaban J connectivity index is 4.18. The largest absolute Gasteiger partial charge is 0.462 e. The fourth-order valence-electron chi connectivity index (χ4n) is 6.96. The van der Waals surface area contributed by atoms with Crippen LogP contribution in [0.2, 0.25) is 0 Å². The minimum atomic E-state index is -0.770. The summed E-state index contributed by atoms with van der Waals surface area (Å²) in [5.74, 6) is -0.894. The van der Waals surface area contributed by atoms with Crippen molar-refractivity contribution >= 4 is 17.9 Å². The molecule has 0 saturated heterocycles. The molecule has 328 valence electrons. The molecule has 1 unspecified atom stereocenters. The van der Waals surface area contributed by atoms with Gasteiger partial charge in [0.1, 0.15) is 13.2 Å². The molecule has 0 fully saturated rings. The van der Waals surface area contributed by atoms with Gasteiger partial charge in [0.25, 0.3) is 0 Å². The van der Waals surface area contributed by atoms with Crippen molar-refractivity contribution in [3.63, 3.8) is 0 Å².